The van der Waals surface area contributed by atoms with Crippen LogP contribution in [0.5, 0.6) is 0 Å². The first-order valence-corrected chi connectivity index (χ1v) is 19.1. The molecule has 53 heavy (non-hydrogen) atoms. The van der Waals surface area contributed by atoms with Crippen LogP contribution in [0.1, 0.15) is 90.9 Å². The van der Waals surface area contributed by atoms with E-state index in [4.69, 9.17) is 18.9 Å². The third-order valence-electron chi connectivity index (χ3n) is 7.88. The molecule has 0 bridgehead atoms. The second kappa shape index (κ2) is 33.0. The average Bonchev–Trinajstić information content (AvgIpc) is 3.15. The number of carbonyl (C=O) groups is 2. The number of unbranched alkanes of at least 4 members (excludes halogenated alkanes) is 6. The van der Waals surface area contributed by atoms with Gasteiger partial charge in [0.25, 0.3) is 0 Å². The normalized spacial score (nSPS) is 22.1. The van der Waals surface area contributed by atoms with E-state index in [0.717, 1.165) is 51.4 Å². The lowest BCUT2D eigenvalue weighted by atomic mass is 9.99. The summed E-state index contributed by atoms with van der Waals surface area (Å²) in [7, 11) is 0. The third kappa shape index (κ3) is 25.1. The van der Waals surface area contributed by atoms with Gasteiger partial charge in [-0.1, -0.05) is 136 Å². The maximum atomic E-state index is 12.7. The molecule has 0 saturated carbocycles. The Balaban J connectivity index is 2.49. The van der Waals surface area contributed by atoms with E-state index in [1.54, 1.807) is 0 Å². The van der Waals surface area contributed by atoms with Gasteiger partial charge in [0.1, 0.15) is 31.0 Å². The number of esters is 2. The zero-order valence-corrected chi connectivity index (χ0v) is 31.7. The topological polar surface area (TPSA) is 152 Å². The third-order valence-corrected chi connectivity index (χ3v) is 7.88. The summed E-state index contributed by atoms with van der Waals surface area (Å²) < 4.78 is 22.0. The quantitative estimate of drug-likeness (QED) is 0.0376. The van der Waals surface area contributed by atoms with Crippen molar-refractivity contribution in [2.45, 2.75) is 128 Å². The Kier molecular flexibility index (Phi) is 29.5. The Morgan fingerprint density at radius 1 is 0.585 bits per heavy atom. The number of aliphatic hydroxyl groups excluding tert-OH is 4. The van der Waals surface area contributed by atoms with Crippen molar-refractivity contribution in [1.29, 1.82) is 0 Å². The van der Waals surface area contributed by atoms with Gasteiger partial charge in [-0.3, -0.25) is 9.59 Å². The molecule has 1 fully saturated rings. The minimum absolute atomic E-state index is 0.166. The van der Waals surface area contributed by atoms with Crippen molar-refractivity contribution < 1.29 is 49.0 Å². The van der Waals surface area contributed by atoms with E-state index in [9.17, 15) is 30.0 Å². The van der Waals surface area contributed by atoms with Crippen LogP contribution in [0.4, 0.5) is 0 Å². The van der Waals surface area contributed by atoms with E-state index in [2.05, 4.69) is 38.2 Å². The minimum atomic E-state index is -1.62. The summed E-state index contributed by atoms with van der Waals surface area (Å²) in [6, 6.07) is 0. The molecular formula is C43H64O10. The Bertz CT molecular complexity index is 1220. The van der Waals surface area contributed by atoms with Crippen molar-refractivity contribution in [2.24, 2.45) is 0 Å². The number of carbonyl (C=O) groups excluding carboxylic acids is 2. The smallest absolute Gasteiger partial charge is 0.306 e. The molecule has 10 heteroatoms. The van der Waals surface area contributed by atoms with Crippen LogP contribution in [0, 0.1) is 0 Å². The summed E-state index contributed by atoms with van der Waals surface area (Å²) in [6.07, 6.45) is 36.7. The monoisotopic (exact) mass is 740 g/mol. The largest absolute Gasteiger partial charge is 0.462 e. The fourth-order valence-corrected chi connectivity index (χ4v) is 4.86. The molecule has 1 aliphatic heterocycles. The summed E-state index contributed by atoms with van der Waals surface area (Å²) in [5.74, 6) is -0.919. The molecule has 1 rings (SSSR count). The summed E-state index contributed by atoms with van der Waals surface area (Å²) in [5, 5.41) is 39.9. The second-order valence-corrected chi connectivity index (χ2v) is 12.5. The van der Waals surface area contributed by atoms with E-state index in [1.807, 2.05) is 85.1 Å². The number of rotatable bonds is 28. The van der Waals surface area contributed by atoms with Gasteiger partial charge in [-0.2, -0.15) is 0 Å². The highest BCUT2D eigenvalue weighted by Crippen LogP contribution is 2.22. The maximum Gasteiger partial charge on any atom is 0.306 e. The van der Waals surface area contributed by atoms with Crippen LogP contribution < -0.4 is 0 Å². The lowest BCUT2D eigenvalue weighted by Crippen LogP contribution is -2.59. The van der Waals surface area contributed by atoms with Crippen molar-refractivity contribution in [3.8, 4) is 0 Å². The molecule has 0 amide bonds. The number of hydrogen-bond donors (Lipinski definition) is 4. The highest BCUT2D eigenvalue weighted by Gasteiger charge is 2.44. The molecule has 4 N–H and O–H groups in total. The van der Waals surface area contributed by atoms with Crippen LogP contribution >= 0.6 is 0 Å². The minimum Gasteiger partial charge on any atom is -0.462 e. The predicted octanol–water partition coefficient (Wildman–Crippen LogP) is 6.98. The Labute approximate surface area is 317 Å². The highest BCUT2D eigenvalue weighted by atomic mass is 16.7. The van der Waals surface area contributed by atoms with Gasteiger partial charge in [0.05, 0.1) is 13.2 Å². The molecule has 10 nitrogen and oxygen atoms in total. The van der Waals surface area contributed by atoms with Crippen LogP contribution in [0.2, 0.25) is 0 Å². The van der Waals surface area contributed by atoms with Gasteiger partial charge in [-0.15, -0.1) is 0 Å². The van der Waals surface area contributed by atoms with Gasteiger partial charge in [0.15, 0.2) is 12.4 Å². The van der Waals surface area contributed by atoms with E-state index >= 15 is 0 Å². The highest BCUT2D eigenvalue weighted by molar-refractivity contribution is 5.70. The molecule has 0 radical (unpaired) electrons. The number of ether oxygens (including phenoxy) is 4. The molecule has 0 spiro atoms. The average molecular weight is 741 g/mol. The first-order chi connectivity index (χ1) is 25.8. The molecule has 0 aromatic rings. The van der Waals surface area contributed by atoms with E-state index < -0.39 is 55.4 Å². The lowest BCUT2D eigenvalue weighted by molar-refractivity contribution is -0.305. The first-order valence-electron chi connectivity index (χ1n) is 19.1. The van der Waals surface area contributed by atoms with E-state index in [-0.39, 0.29) is 26.1 Å². The Morgan fingerprint density at radius 2 is 1.06 bits per heavy atom. The van der Waals surface area contributed by atoms with Crippen molar-refractivity contribution in [1.82, 2.24) is 0 Å². The molecule has 3 unspecified atom stereocenters. The summed E-state index contributed by atoms with van der Waals surface area (Å²) in [4.78, 5) is 25.2. The predicted molar refractivity (Wildman–Crippen MR) is 210 cm³/mol. The van der Waals surface area contributed by atoms with Gasteiger partial charge in [-0.25, -0.2) is 0 Å². The summed E-state index contributed by atoms with van der Waals surface area (Å²) in [6.45, 7) is 3.00. The molecule has 1 saturated heterocycles. The van der Waals surface area contributed by atoms with Gasteiger partial charge >= 0.3 is 11.9 Å². The molecule has 1 aliphatic rings. The SMILES string of the molecule is CC/C=C/C=C/C=C/C=C/C=C/CCCCCC(=O)OCC(CO[C@H]1O[C@@H](CO)[C@@H](O)C(O)C1O)OC(=O)CCCCC/C=C/C=C/C=C/C=C/CC. The standard InChI is InChI=1S/C43H64O10/c1-3-5-7-9-11-13-15-17-18-20-21-23-25-27-29-31-38(45)50-34-36(35-51-43-42(49)41(48)40(47)37(33-44)53-43)52-39(46)32-30-28-26-24-22-19-16-14-12-10-8-6-4-2/h5-22,36-37,40-44,47-49H,3-4,23-35H2,1-2H3/b7-5+,8-6+,11-9+,12-10+,15-13+,16-14+,18-17+,21-20+,22-19+/t36?,37-,40+,41?,42?,43-/m0/s1. The van der Waals surface area contributed by atoms with Crippen molar-refractivity contribution in [3.05, 3.63) is 109 Å². The number of hydrogen-bond acceptors (Lipinski definition) is 10. The van der Waals surface area contributed by atoms with E-state index in [0.29, 0.717) is 12.8 Å². The molecule has 296 valence electrons. The molecule has 0 aliphatic carbocycles. The molecular weight excluding hydrogens is 676 g/mol. The van der Waals surface area contributed by atoms with Crippen LogP contribution in [-0.4, -0.2) is 89.0 Å². The van der Waals surface area contributed by atoms with Crippen LogP contribution in [-0.2, 0) is 28.5 Å². The zero-order chi connectivity index (χ0) is 38.8. The van der Waals surface area contributed by atoms with E-state index in [1.165, 1.54) is 0 Å². The van der Waals surface area contributed by atoms with Gasteiger partial charge < -0.3 is 39.4 Å². The summed E-state index contributed by atoms with van der Waals surface area (Å²) >= 11 is 0. The first kappa shape index (κ1) is 47.4. The Morgan fingerprint density at radius 3 is 1.55 bits per heavy atom. The van der Waals surface area contributed by atoms with Crippen molar-refractivity contribution in [3.63, 3.8) is 0 Å². The molecule has 0 aromatic heterocycles. The molecule has 0 aromatic carbocycles. The number of aliphatic hydroxyl groups is 4. The summed E-state index contributed by atoms with van der Waals surface area (Å²) in [5.41, 5.74) is 0. The second-order valence-electron chi connectivity index (χ2n) is 12.5. The van der Waals surface area contributed by atoms with Gasteiger partial charge in [0.2, 0.25) is 0 Å². The van der Waals surface area contributed by atoms with Crippen LogP contribution in [0.15, 0.2) is 109 Å². The van der Waals surface area contributed by atoms with Crippen molar-refractivity contribution >= 4 is 11.9 Å². The number of allylic oxidation sites excluding steroid dienone is 18. The van der Waals surface area contributed by atoms with Crippen LogP contribution in [0.25, 0.3) is 0 Å². The fourth-order valence-electron chi connectivity index (χ4n) is 4.86. The Hall–Kier alpha value is -3.64. The molecule has 1 heterocycles. The molecule has 6 atom stereocenters. The van der Waals surface area contributed by atoms with Gasteiger partial charge in [0, 0.05) is 12.8 Å². The van der Waals surface area contributed by atoms with Crippen molar-refractivity contribution in [2.75, 3.05) is 19.8 Å². The maximum absolute atomic E-state index is 12.7. The zero-order valence-electron chi connectivity index (χ0n) is 31.7. The van der Waals surface area contributed by atoms with Crippen LogP contribution in [0.3, 0.4) is 0 Å². The fraction of sp³-hybridized carbons (Fsp3) is 0.535. The lowest BCUT2D eigenvalue weighted by Gasteiger charge is -2.39. The van der Waals surface area contributed by atoms with Gasteiger partial charge in [-0.05, 0) is 51.4 Å².